The van der Waals surface area contributed by atoms with Crippen molar-refractivity contribution in [3.05, 3.63) is 34.5 Å². The molecule has 1 aromatic carbocycles. The average molecular weight is 316 g/mol. The van der Waals surface area contributed by atoms with E-state index in [9.17, 15) is 9.90 Å². The quantitative estimate of drug-likeness (QED) is 0.809. The van der Waals surface area contributed by atoms with E-state index < -0.39 is 5.97 Å². The van der Waals surface area contributed by atoms with Crippen LogP contribution in [-0.4, -0.2) is 22.2 Å². The molecule has 0 radical (unpaired) electrons. The zero-order chi connectivity index (χ0) is 17.1. The highest BCUT2D eigenvalue weighted by molar-refractivity contribution is 5.97. The van der Waals surface area contributed by atoms with Crippen LogP contribution in [-0.2, 0) is 13.0 Å². The summed E-state index contributed by atoms with van der Waals surface area (Å²) in [5, 5.41) is 10.6. The molecule has 1 heterocycles. The Balaban J connectivity index is 2.83. The fourth-order valence-electron chi connectivity index (χ4n) is 3.36. The first kappa shape index (κ1) is 17.5. The third-order valence-corrected chi connectivity index (χ3v) is 4.58. The molecule has 0 saturated carbocycles. The van der Waals surface area contributed by atoms with Gasteiger partial charge in [-0.05, 0) is 48.9 Å². The van der Waals surface area contributed by atoms with E-state index in [-0.39, 0.29) is 5.92 Å². The predicted molar refractivity (Wildman–Crippen MR) is 95.4 cm³/mol. The molecule has 1 aromatic heterocycles. The third kappa shape index (κ3) is 3.27. The van der Waals surface area contributed by atoms with E-state index in [2.05, 4.69) is 32.3 Å². The highest BCUT2D eigenvalue weighted by atomic mass is 16.4. The molecule has 23 heavy (non-hydrogen) atoms. The van der Waals surface area contributed by atoms with Gasteiger partial charge in [0.2, 0.25) is 0 Å². The number of hydrogen-bond acceptors (Lipinski definition) is 2. The lowest BCUT2D eigenvalue weighted by Gasteiger charge is -2.14. The SMILES string of the molecule is CCCCc1c(C)n(CCN)c2c(C(C)C)cc(C(=O)O)cc12. The van der Waals surface area contributed by atoms with Gasteiger partial charge in [0.1, 0.15) is 0 Å². The van der Waals surface area contributed by atoms with Gasteiger partial charge in [0.25, 0.3) is 0 Å². The van der Waals surface area contributed by atoms with Gasteiger partial charge in [0, 0.05) is 24.2 Å². The summed E-state index contributed by atoms with van der Waals surface area (Å²) in [4.78, 5) is 11.5. The van der Waals surface area contributed by atoms with E-state index in [0.29, 0.717) is 12.1 Å². The zero-order valence-electron chi connectivity index (χ0n) is 14.6. The number of aryl methyl sites for hydroxylation is 1. The molecule has 0 saturated heterocycles. The van der Waals surface area contributed by atoms with E-state index in [1.165, 1.54) is 16.8 Å². The summed E-state index contributed by atoms with van der Waals surface area (Å²) in [7, 11) is 0. The fourth-order valence-corrected chi connectivity index (χ4v) is 3.36. The minimum Gasteiger partial charge on any atom is -0.478 e. The maximum absolute atomic E-state index is 11.5. The molecular weight excluding hydrogens is 288 g/mol. The summed E-state index contributed by atoms with van der Waals surface area (Å²) >= 11 is 0. The third-order valence-electron chi connectivity index (χ3n) is 4.58. The Morgan fingerprint density at radius 1 is 1.35 bits per heavy atom. The van der Waals surface area contributed by atoms with E-state index in [1.54, 1.807) is 0 Å². The number of unbranched alkanes of at least 4 members (excludes halogenated alkanes) is 1. The normalized spacial score (nSPS) is 11.6. The summed E-state index contributed by atoms with van der Waals surface area (Å²) in [6.45, 7) is 9.88. The van der Waals surface area contributed by atoms with Crippen LogP contribution in [0.3, 0.4) is 0 Å². The lowest BCUT2D eigenvalue weighted by atomic mass is 9.95. The Morgan fingerprint density at radius 2 is 2.04 bits per heavy atom. The van der Waals surface area contributed by atoms with E-state index in [0.717, 1.165) is 36.8 Å². The lowest BCUT2D eigenvalue weighted by molar-refractivity contribution is 0.0697. The molecule has 2 rings (SSSR count). The molecule has 0 amide bonds. The Morgan fingerprint density at radius 3 is 2.57 bits per heavy atom. The molecular formula is C19H28N2O2. The highest BCUT2D eigenvalue weighted by Crippen LogP contribution is 2.34. The number of rotatable bonds is 7. The number of nitrogens with two attached hydrogens (primary N) is 1. The van der Waals surface area contributed by atoms with Crippen LogP contribution in [0.1, 0.15) is 66.7 Å². The minimum absolute atomic E-state index is 0.265. The number of fused-ring (bicyclic) bond motifs is 1. The van der Waals surface area contributed by atoms with Gasteiger partial charge in [-0.3, -0.25) is 0 Å². The molecule has 0 aliphatic carbocycles. The molecule has 3 N–H and O–H groups in total. The van der Waals surface area contributed by atoms with Gasteiger partial charge in [-0.15, -0.1) is 0 Å². The molecule has 0 unspecified atom stereocenters. The van der Waals surface area contributed by atoms with Crippen LogP contribution >= 0.6 is 0 Å². The topological polar surface area (TPSA) is 68.2 Å². The predicted octanol–water partition coefficient (Wildman–Crippen LogP) is 4.07. The van der Waals surface area contributed by atoms with Gasteiger partial charge in [0.05, 0.1) is 11.1 Å². The van der Waals surface area contributed by atoms with Crippen molar-refractivity contribution in [2.75, 3.05) is 6.54 Å². The van der Waals surface area contributed by atoms with Gasteiger partial charge >= 0.3 is 5.97 Å². The Labute approximate surface area is 138 Å². The first-order valence-electron chi connectivity index (χ1n) is 8.51. The van der Waals surface area contributed by atoms with Crippen molar-refractivity contribution < 1.29 is 9.90 Å². The summed E-state index contributed by atoms with van der Waals surface area (Å²) < 4.78 is 2.28. The second kappa shape index (κ2) is 7.18. The van der Waals surface area contributed by atoms with Gasteiger partial charge < -0.3 is 15.4 Å². The number of nitrogens with zero attached hydrogens (tertiary/aromatic N) is 1. The van der Waals surface area contributed by atoms with Gasteiger partial charge in [-0.1, -0.05) is 27.2 Å². The van der Waals surface area contributed by atoms with Crippen molar-refractivity contribution in [3.8, 4) is 0 Å². The maximum Gasteiger partial charge on any atom is 0.335 e. The van der Waals surface area contributed by atoms with E-state index in [1.807, 2.05) is 12.1 Å². The molecule has 4 heteroatoms. The average Bonchev–Trinajstić information content (AvgIpc) is 2.77. The monoisotopic (exact) mass is 316 g/mol. The van der Waals surface area contributed by atoms with Crippen LogP contribution in [0.5, 0.6) is 0 Å². The maximum atomic E-state index is 11.5. The first-order valence-corrected chi connectivity index (χ1v) is 8.51. The number of carboxylic acids is 1. The van der Waals surface area contributed by atoms with Crippen LogP contribution in [0.25, 0.3) is 10.9 Å². The summed E-state index contributed by atoms with van der Waals surface area (Å²) in [5.41, 5.74) is 11.0. The molecule has 0 aliphatic heterocycles. The first-order chi connectivity index (χ1) is 10.9. The van der Waals surface area contributed by atoms with Gasteiger partial charge in [-0.2, -0.15) is 0 Å². The summed E-state index contributed by atoms with van der Waals surface area (Å²) in [6, 6.07) is 3.67. The van der Waals surface area contributed by atoms with Crippen molar-refractivity contribution in [1.29, 1.82) is 0 Å². The van der Waals surface area contributed by atoms with Crippen LogP contribution in [0, 0.1) is 6.92 Å². The van der Waals surface area contributed by atoms with Crippen molar-refractivity contribution in [2.24, 2.45) is 5.73 Å². The minimum atomic E-state index is -0.862. The molecule has 0 aliphatic rings. The Bertz CT molecular complexity index is 714. The van der Waals surface area contributed by atoms with Crippen LogP contribution in [0.15, 0.2) is 12.1 Å². The van der Waals surface area contributed by atoms with E-state index in [4.69, 9.17) is 5.73 Å². The standard InChI is InChI=1S/C19H28N2O2/c1-5-6-7-15-13(4)21(9-8-20)18-16(12(2)3)10-14(19(22)23)11-17(15)18/h10-12H,5-9,20H2,1-4H3,(H,22,23). The molecule has 126 valence electrons. The van der Waals surface area contributed by atoms with E-state index >= 15 is 0 Å². The summed E-state index contributed by atoms with van der Waals surface area (Å²) in [6.07, 6.45) is 3.21. The van der Waals surface area contributed by atoms with Crippen LogP contribution in [0.2, 0.25) is 0 Å². The largest absolute Gasteiger partial charge is 0.478 e. The van der Waals surface area contributed by atoms with Crippen molar-refractivity contribution in [3.63, 3.8) is 0 Å². The number of carbonyl (C=O) groups is 1. The number of aromatic nitrogens is 1. The number of aromatic carboxylic acids is 1. The van der Waals surface area contributed by atoms with Crippen molar-refractivity contribution in [1.82, 2.24) is 4.57 Å². The second-order valence-electron chi connectivity index (χ2n) is 6.53. The number of carboxylic acid groups (broad SMARTS) is 1. The number of hydrogen-bond donors (Lipinski definition) is 2. The zero-order valence-corrected chi connectivity index (χ0v) is 14.6. The van der Waals surface area contributed by atoms with Crippen molar-refractivity contribution >= 4 is 16.9 Å². The van der Waals surface area contributed by atoms with Crippen LogP contribution in [0.4, 0.5) is 0 Å². The molecule has 4 nitrogen and oxygen atoms in total. The molecule has 2 aromatic rings. The molecule has 0 bridgehead atoms. The smallest absolute Gasteiger partial charge is 0.335 e. The molecule has 0 spiro atoms. The lowest BCUT2D eigenvalue weighted by Crippen LogP contribution is -2.12. The second-order valence-corrected chi connectivity index (χ2v) is 6.53. The Hall–Kier alpha value is -1.81. The van der Waals surface area contributed by atoms with Gasteiger partial charge in [0.15, 0.2) is 0 Å². The Kier molecular flexibility index (Phi) is 5.47. The van der Waals surface area contributed by atoms with Crippen LogP contribution < -0.4 is 5.73 Å². The fraction of sp³-hybridized carbons (Fsp3) is 0.526. The number of benzene rings is 1. The van der Waals surface area contributed by atoms with Crippen molar-refractivity contribution in [2.45, 2.75) is 59.4 Å². The highest BCUT2D eigenvalue weighted by Gasteiger charge is 2.20. The summed E-state index contributed by atoms with van der Waals surface area (Å²) in [5.74, 6) is -0.596. The molecule has 0 fully saturated rings. The van der Waals surface area contributed by atoms with Gasteiger partial charge in [-0.25, -0.2) is 4.79 Å². The molecule has 0 atom stereocenters.